The van der Waals surface area contributed by atoms with E-state index < -0.39 is 15.7 Å². The molecule has 0 aliphatic carbocycles. The number of ketones is 1. The van der Waals surface area contributed by atoms with E-state index in [1.54, 1.807) is 12.1 Å². The van der Waals surface area contributed by atoms with Gasteiger partial charge in [-0.2, -0.15) is 0 Å². The molecule has 0 saturated carbocycles. The largest absolute Gasteiger partial charge is 0.294 e. The first kappa shape index (κ1) is 15.9. The van der Waals surface area contributed by atoms with Crippen molar-refractivity contribution in [2.24, 2.45) is 0 Å². The molecule has 0 atom stereocenters. The second-order valence-corrected chi connectivity index (χ2v) is 7.56. The van der Waals surface area contributed by atoms with E-state index >= 15 is 0 Å². The second-order valence-electron chi connectivity index (χ2n) is 4.63. The molecule has 21 heavy (non-hydrogen) atoms. The molecule has 0 saturated heterocycles. The molecule has 0 N–H and O–H groups in total. The minimum atomic E-state index is -3.29. The van der Waals surface area contributed by atoms with Crippen molar-refractivity contribution in [1.82, 2.24) is 0 Å². The smallest absolute Gasteiger partial charge is 0.175 e. The van der Waals surface area contributed by atoms with Crippen LogP contribution < -0.4 is 0 Å². The lowest BCUT2D eigenvalue weighted by molar-refractivity contribution is 0.0991. The molecular formula is C15H12BrFO3S. The lowest BCUT2D eigenvalue weighted by atomic mass is 10.0. The summed E-state index contributed by atoms with van der Waals surface area (Å²) in [6, 6.07) is 10.1. The molecule has 110 valence electrons. The van der Waals surface area contributed by atoms with Crippen molar-refractivity contribution in [2.75, 3.05) is 6.26 Å². The summed E-state index contributed by atoms with van der Waals surface area (Å²) in [5.74, 6) is -0.721. The van der Waals surface area contributed by atoms with E-state index in [4.69, 9.17) is 0 Å². The van der Waals surface area contributed by atoms with Crippen molar-refractivity contribution in [3.05, 3.63) is 63.9 Å². The van der Waals surface area contributed by atoms with Gasteiger partial charge in [-0.1, -0.05) is 34.1 Å². The molecule has 0 spiro atoms. The van der Waals surface area contributed by atoms with Gasteiger partial charge in [0.1, 0.15) is 5.82 Å². The molecule has 0 bridgehead atoms. The van der Waals surface area contributed by atoms with Gasteiger partial charge in [0.15, 0.2) is 15.6 Å². The first-order chi connectivity index (χ1) is 9.77. The number of hydrogen-bond acceptors (Lipinski definition) is 3. The highest BCUT2D eigenvalue weighted by Crippen LogP contribution is 2.18. The Morgan fingerprint density at radius 1 is 1.14 bits per heavy atom. The average Bonchev–Trinajstić information content (AvgIpc) is 2.41. The van der Waals surface area contributed by atoms with Gasteiger partial charge in [-0.05, 0) is 29.8 Å². The molecule has 2 rings (SSSR count). The first-order valence-corrected chi connectivity index (χ1v) is 8.73. The molecule has 0 aliphatic heterocycles. The molecule has 0 amide bonds. The van der Waals surface area contributed by atoms with Gasteiger partial charge in [0.25, 0.3) is 0 Å². The quantitative estimate of drug-likeness (QED) is 0.774. The lowest BCUT2D eigenvalue weighted by Gasteiger charge is -2.05. The fraction of sp³-hybridized carbons (Fsp3) is 0.133. The van der Waals surface area contributed by atoms with Gasteiger partial charge in [0.2, 0.25) is 0 Å². The summed E-state index contributed by atoms with van der Waals surface area (Å²) in [4.78, 5) is 12.2. The molecule has 0 fully saturated rings. The normalized spacial score (nSPS) is 11.4. The van der Waals surface area contributed by atoms with E-state index in [-0.39, 0.29) is 17.1 Å². The predicted octanol–water partition coefficient (Wildman–Crippen LogP) is 3.42. The highest BCUT2D eigenvalue weighted by atomic mass is 79.9. The van der Waals surface area contributed by atoms with Crippen molar-refractivity contribution in [3.63, 3.8) is 0 Å². The molecule has 0 aromatic heterocycles. The second kappa shape index (κ2) is 6.07. The van der Waals surface area contributed by atoms with Gasteiger partial charge < -0.3 is 0 Å². The Kier molecular flexibility index (Phi) is 4.58. The topological polar surface area (TPSA) is 51.2 Å². The van der Waals surface area contributed by atoms with E-state index in [0.717, 1.165) is 6.26 Å². The van der Waals surface area contributed by atoms with Crippen LogP contribution in [0.15, 0.2) is 51.8 Å². The predicted molar refractivity (Wildman–Crippen MR) is 81.7 cm³/mol. The molecular weight excluding hydrogens is 359 g/mol. The molecule has 2 aromatic rings. The lowest BCUT2D eigenvalue weighted by Crippen LogP contribution is -2.06. The average molecular weight is 371 g/mol. The number of carbonyl (C=O) groups is 1. The van der Waals surface area contributed by atoms with E-state index in [1.165, 1.54) is 30.3 Å². The van der Waals surface area contributed by atoms with Gasteiger partial charge in [-0.3, -0.25) is 4.79 Å². The number of carbonyl (C=O) groups excluding carboxylic acids is 1. The van der Waals surface area contributed by atoms with E-state index in [2.05, 4.69) is 15.9 Å². The number of hydrogen-bond donors (Lipinski definition) is 0. The zero-order chi connectivity index (χ0) is 15.6. The number of rotatable bonds is 4. The van der Waals surface area contributed by atoms with Crippen LogP contribution >= 0.6 is 15.9 Å². The highest BCUT2D eigenvalue weighted by molar-refractivity contribution is 9.10. The summed E-state index contributed by atoms with van der Waals surface area (Å²) in [6.45, 7) is 0. The SMILES string of the molecule is CS(=O)(=O)c1ccc(C(=O)Cc2ccc(Br)cc2F)cc1. The summed E-state index contributed by atoms with van der Waals surface area (Å²) in [7, 11) is -3.29. The zero-order valence-corrected chi connectivity index (χ0v) is 13.5. The van der Waals surface area contributed by atoms with Crippen LogP contribution in [0.25, 0.3) is 0 Å². The minimum absolute atomic E-state index is 0.0721. The van der Waals surface area contributed by atoms with Crippen LogP contribution in [0.1, 0.15) is 15.9 Å². The Labute approximate surface area is 130 Å². The summed E-state index contributed by atoms with van der Waals surface area (Å²) < 4.78 is 37.0. The Balaban J connectivity index is 2.21. The Morgan fingerprint density at radius 2 is 1.76 bits per heavy atom. The standard InChI is InChI=1S/C15H12BrFO3S/c1-21(19,20)13-6-3-10(4-7-13)15(18)8-11-2-5-12(16)9-14(11)17/h2-7,9H,8H2,1H3. The summed E-state index contributed by atoms with van der Waals surface area (Å²) in [5, 5.41) is 0. The monoisotopic (exact) mass is 370 g/mol. The van der Waals surface area contributed by atoms with Crippen LogP contribution in [-0.4, -0.2) is 20.5 Å². The van der Waals surface area contributed by atoms with Crippen LogP contribution in [0.2, 0.25) is 0 Å². The third-order valence-corrected chi connectivity index (χ3v) is 4.59. The van der Waals surface area contributed by atoms with E-state index in [9.17, 15) is 17.6 Å². The highest BCUT2D eigenvalue weighted by Gasteiger charge is 2.12. The molecule has 0 aliphatic rings. The minimum Gasteiger partial charge on any atom is -0.294 e. The van der Waals surface area contributed by atoms with Crippen molar-refractivity contribution >= 4 is 31.6 Å². The number of halogens is 2. The van der Waals surface area contributed by atoms with Crippen LogP contribution in [0.4, 0.5) is 4.39 Å². The van der Waals surface area contributed by atoms with E-state index in [1.807, 2.05) is 0 Å². The molecule has 0 heterocycles. The number of Topliss-reactive ketones (excluding diaryl/α,β-unsaturated/α-hetero) is 1. The van der Waals surface area contributed by atoms with Crippen LogP contribution in [-0.2, 0) is 16.3 Å². The Morgan fingerprint density at radius 3 is 2.29 bits per heavy atom. The van der Waals surface area contributed by atoms with Gasteiger partial charge in [-0.25, -0.2) is 12.8 Å². The van der Waals surface area contributed by atoms with Gasteiger partial charge in [0.05, 0.1) is 4.90 Å². The first-order valence-electron chi connectivity index (χ1n) is 6.04. The maximum absolute atomic E-state index is 13.7. The fourth-order valence-electron chi connectivity index (χ4n) is 1.83. The zero-order valence-electron chi connectivity index (χ0n) is 11.1. The Bertz CT molecular complexity index is 783. The molecule has 3 nitrogen and oxygen atoms in total. The number of benzene rings is 2. The molecule has 0 unspecified atom stereocenters. The molecule has 6 heteroatoms. The number of sulfone groups is 1. The molecule has 2 aromatic carbocycles. The third-order valence-electron chi connectivity index (χ3n) is 2.97. The maximum Gasteiger partial charge on any atom is 0.175 e. The van der Waals surface area contributed by atoms with Crippen LogP contribution in [0.3, 0.4) is 0 Å². The van der Waals surface area contributed by atoms with E-state index in [0.29, 0.717) is 15.6 Å². The maximum atomic E-state index is 13.7. The van der Waals surface area contributed by atoms with Crippen LogP contribution in [0, 0.1) is 5.82 Å². The van der Waals surface area contributed by atoms with Crippen molar-refractivity contribution < 1.29 is 17.6 Å². The molecule has 0 radical (unpaired) electrons. The van der Waals surface area contributed by atoms with Crippen LogP contribution in [0.5, 0.6) is 0 Å². The third kappa shape index (κ3) is 3.98. The van der Waals surface area contributed by atoms with Gasteiger partial charge in [-0.15, -0.1) is 0 Å². The van der Waals surface area contributed by atoms with Crippen molar-refractivity contribution in [2.45, 2.75) is 11.3 Å². The fourth-order valence-corrected chi connectivity index (χ4v) is 2.79. The van der Waals surface area contributed by atoms with Gasteiger partial charge in [0, 0.05) is 22.7 Å². The summed E-state index contributed by atoms with van der Waals surface area (Å²) in [5.41, 5.74) is 0.653. The summed E-state index contributed by atoms with van der Waals surface area (Å²) >= 11 is 3.15. The van der Waals surface area contributed by atoms with Crippen molar-refractivity contribution in [1.29, 1.82) is 0 Å². The summed E-state index contributed by atoms with van der Waals surface area (Å²) in [6.07, 6.45) is 1.03. The van der Waals surface area contributed by atoms with Crippen molar-refractivity contribution in [3.8, 4) is 0 Å². The Hall–Kier alpha value is -1.53. The van der Waals surface area contributed by atoms with Gasteiger partial charge >= 0.3 is 0 Å².